The number of carbonyl (C=O) groups is 1. The second-order valence-corrected chi connectivity index (χ2v) is 6.96. The summed E-state index contributed by atoms with van der Waals surface area (Å²) in [4.78, 5) is 17.0. The number of likely N-dealkylation sites (N-methyl/N-ethyl adjacent to an activating group) is 1. The zero-order valence-corrected chi connectivity index (χ0v) is 14.7. The molecule has 0 unspecified atom stereocenters. The first-order chi connectivity index (χ1) is 11.7. The number of benzene rings is 1. The Kier molecular flexibility index (Phi) is 6.10. The lowest BCUT2D eigenvalue weighted by Crippen LogP contribution is -2.44. The summed E-state index contributed by atoms with van der Waals surface area (Å²) in [6, 6.07) is 8.00. The van der Waals surface area contributed by atoms with Gasteiger partial charge in [-0.15, -0.1) is 0 Å². The van der Waals surface area contributed by atoms with Gasteiger partial charge in [-0.05, 0) is 56.5 Å². The predicted molar refractivity (Wildman–Crippen MR) is 96.6 cm³/mol. The van der Waals surface area contributed by atoms with E-state index in [4.69, 9.17) is 4.74 Å². The molecule has 1 aromatic carbocycles. The normalized spacial score (nSPS) is 22.4. The number of amides is 1. The van der Waals surface area contributed by atoms with E-state index < -0.39 is 0 Å². The zero-order chi connectivity index (χ0) is 16.8. The summed E-state index contributed by atoms with van der Waals surface area (Å²) >= 11 is 0. The van der Waals surface area contributed by atoms with Gasteiger partial charge in [0.25, 0.3) is 5.91 Å². The number of piperazine rings is 1. The third-order valence-electron chi connectivity index (χ3n) is 5.09. The van der Waals surface area contributed by atoms with E-state index in [1.165, 1.54) is 12.1 Å². The van der Waals surface area contributed by atoms with Crippen LogP contribution < -0.4 is 10.2 Å². The van der Waals surface area contributed by atoms with Gasteiger partial charge in [-0.1, -0.05) is 0 Å². The summed E-state index contributed by atoms with van der Waals surface area (Å²) in [6.07, 6.45) is 3.37. The van der Waals surface area contributed by atoms with E-state index in [1.807, 2.05) is 12.1 Å². The molecule has 0 radical (unpaired) electrons. The van der Waals surface area contributed by atoms with Crippen molar-refractivity contribution in [3.8, 4) is 0 Å². The van der Waals surface area contributed by atoms with Crippen LogP contribution >= 0.6 is 0 Å². The van der Waals surface area contributed by atoms with Crippen molar-refractivity contribution in [1.82, 2.24) is 10.2 Å². The van der Waals surface area contributed by atoms with Gasteiger partial charge in [-0.3, -0.25) is 4.79 Å². The van der Waals surface area contributed by atoms with Crippen molar-refractivity contribution in [3.63, 3.8) is 0 Å². The number of nitrogens with zero attached hydrogens (tertiary/aromatic N) is 2. The molecule has 24 heavy (non-hydrogen) atoms. The summed E-state index contributed by atoms with van der Waals surface area (Å²) in [5, 5.41) is 3.04. The van der Waals surface area contributed by atoms with Crippen LogP contribution in [0.5, 0.6) is 0 Å². The number of anilines is 1. The number of hydrogen-bond acceptors (Lipinski definition) is 4. The van der Waals surface area contributed by atoms with E-state index in [9.17, 15) is 4.79 Å². The molecule has 132 valence electrons. The smallest absolute Gasteiger partial charge is 0.251 e. The summed E-state index contributed by atoms with van der Waals surface area (Å²) in [5.74, 6) is 0.621. The molecule has 0 saturated carbocycles. The van der Waals surface area contributed by atoms with Crippen molar-refractivity contribution >= 4 is 11.6 Å². The fourth-order valence-electron chi connectivity index (χ4n) is 3.42. The molecule has 0 aromatic heterocycles. The van der Waals surface area contributed by atoms with Gasteiger partial charge in [0.15, 0.2) is 0 Å². The minimum atomic E-state index is 0.0247. The standard InChI is InChI=1S/C19H29N3O2/c1-21-10-12-22(13-11-21)18-6-4-17(5-7-18)19(23)20-9-8-16-3-2-14-24-15-16/h4-7,16H,2-3,8-15H2,1H3,(H,20,23)/t16-/m0/s1. The third kappa shape index (κ3) is 4.71. The number of carbonyl (C=O) groups excluding carboxylic acids is 1. The van der Waals surface area contributed by atoms with Crippen molar-refractivity contribution in [2.75, 3.05) is 57.9 Å². The first kappa shape index (κ1) is 17.2. The number of hydrogen-bond donors (Lipinski definition) is 1. The van der Waals surface area contributed by atoms with Gasteiger partial charge in [-0.25, -0.2) is 0 Å². The Morgan fingerprint density at radius 3 is 2.62 bits per heavy atom. The Morgan fingerprint density at radius 2 is 1.96 bits per heavy atom. The van der Waals surface area contributed by atoms with Crippen LogP contribution in [0.1, 0.15) is 29.6 Å². The molecule has 2 aliphatic heterocycles. The average molecular weight is 331 g/mol. The highest BCUT2D eigenvalue weighted by molar-refractivity contribution is 5.94. The van der Waals surface area contributed by atoms with Crippen LogP contribution in [-0.4, -0.2) is 63.8 Å². The van der Waals surface area contributed by atoms with Crippen LogP contribution in [0.15, 0.2) is 24.3 Å². The molecule has 5 nitrogen and oxygen atoms in total. The molecule has 1 aromatic rings. The minimum Gasteiger partial charge on any atom is -0.381 e. The molecule has 1 amide bonds. The lowest BCUT2D eigenvalue weighted by Gasteiger charge is -2.34. The molecule has 1 atom stereocenters. The van der Waals surface area contributed by atoms with Gasteiger partial charge in [0.05, 0.1) is 0 Å². The SMILES string of the molecule is CN1CCN(c2ccc(C(=O)NCC[C@@H]3CCCOC3)cc2)CC1. The fraction of sp³-hybridized carbons (Fsp3) is 0.632. The lowest BCUT2D eigenvalue weighted by atomic mass is 9.99. The maximum Gasteiger partial charge on any atom is 0.251 e. The second kappa shape index (κ2) is 8.49. The molecule has 0 aliphatic carbocycles. The molecule has 2 fully saturated rings. The van der Waals surface area contributed by atoms with Crippen molar-refractivity contribution in [2.24, 2.45) is 5.92 Å². The number of nitrogens with one attached hydrogen (secondary N) is 1. The van der Waals surface area contributed by atoms with Gasteiger partial charge in [0.2, 0.25) is 0 Å². The summed E-state index contributed by atoms with van der Waals surface area (Å²) in [7, 11) is 2.16. The van der Waals surface area contributed by atoms with Crippen molar-refractivity contribution in [1.29, 1.82) is 0 Å². The first-order valence-electron chi connectivity index (χ1n) is 9.12. The highest BCUT2D eigenvalue weighted by atomic mass is 16.5. The lowest BCUT2D eigenvalue weighted by molar-refractivity contribution is 0.0514. The average Bonchev–Trinajstić information content (AvgIpc) is 2.63. The van der Waals surface area contributed by atoms with Crippen LogP contribution in [0, 0.1) is 5.92 Å². The molecule has 2 aliphatic rings. The molecule has 0 spiro atoms. The quantitative estimate of drug-likeness (QED) is 0.896. The Labute approximate surface area is 145 Å². The van der Waals surface area contributed by atoms with Gasteiger partial charge in [0.1, 0.15) is 0 Å². The molecular weight excluding hydrogens is 302 g/mol. The maximum absolute atomic E-state index is 12.3. The van der Waals surface area contributed by atoms with Crippen LogP contribution in [0.25, 0.3) is 0 Å². The van der Waals surface area contributed by atoms with Gasteiger partial charge < -0.3 is 19.9 Å². The molecule has 5 heteroatoms. The Balaban J connectivity index is 1.45. The van der Waals surface area contributed by atoms with E-state index in [0.29, 0.717) is 5.92 Å². The highest BCUT2D eigenvalue weighted by Gasteiger charge is 2.16. The summed E-state index contributed by atoms with van der Waals surface area (Å²) in [5.41, 5.74) is 1.95. The minimum absolute atomic E-state index is 0.0247. The van der Waals surface area contributed by atoms with Gasteiger partial charge >= 0.3 is 0 Å². The zero-order valence-electron chi connectivity index (χ0n) is 14.7. The molecule has 0 bridgehead atoms. The van der Waals surface area contributed by atoms with E-state index >= 15 is 0 Å². The van der Waals surface area contributed by atoms with Crippen LogP contribution in [0.3, 0.4) is 0 Å². The fourth-order valence-corrected chi connectivity index (χ4v) is 3.42. The van der Waals surface area contributed by atoms with Crippen molar-refractivity contribution in [2.45, 2.75) is 19.3 Å². The summed E-state index contributed by atoms with van der Waals surface area (Å²) < 4.78 is 5.48. The highest BCUT2D eigenvalue weighted by Crippen LogP contribution is 2.18. The molecule has 3 rings (SSSR count). The second-order valence-electron chi connectivity index (χ2n) is 6.96. The first-order valence-corrected chi connectivity index (χ1v) is 9.12. The van der Waals surface area contributed by atoms with Crippen LogP contribution in [0.2, 0.25) is 0 Å². The van der Waals surface area contributed by atoms with E-state index in [-0.39, 0.29) is 5.91 Å². The molecule has 1 N–H and O–H groups in total. The predicted octanol–water partition coefficient (Wildman–Crippen LogP) is 1.98. The number of ether oxygens (including phenoxy) is 1. The molecule has 2 saturated heterocycles. The molecule has 2 heterocycles. The van der Waals surface area contributed by atoms with Crippen LogP contribution in [-0.2, 0) is 4.74 Å². The van der Waals surface area contributed by atoms with Gasteiger partial charge in [-0.2, -0.15) is 0 Å². The largest absolute Gasteiger partial charge is 0.381 e. The van der Waals surface area contributed by atoms with E-state index in [0.717, 1.165) is 64.3 Å². The Hall–Kier alpha value is -1.59. The van der Waals surface area contributed by atoms with E-state index in [2.05, 4.69) is 34.3 Å². The topological polar surface area (TPSA) is 44.8 Å². The van der Waals surface area contributed by atoms with Crippen LogP contribution in [0.4, 0.5) is 5.69 Å². The van der Waals surface area contributed by atoms with Crippen molar-refractivity contribution in [3.05, 3.63) is 29.8 Å². The van der Waals surface area contributed by atoms with Gasteiger partial charge in [0, 0.05) is 57.2 Å². The Bertz CT molecular complexity index is 518. The third-order valence-corrected chi connectivity index (χ3v) is 5.09. The van der Waals surface area contributed by atoms with E-state index in [1.54, 1.807) is 0 Å². The van der Waals surface area contributed by atoms with Crippen molar-refractivity contribution < 1.29 is 9.53 Å². The maximum atomic E-state index is 12.3. The summed E-state index contributed by atoms with van der Waals surface area (Å²) in [6.45, 7) is 6.74. The Morgan fingerprint density at radius 1 is 1.21 bits per heavy atom. The number of rotatable bonds is 5. The molecular formula is C19H29N3O2. The monoisotopic (exact) mass is 331 g/mol.